The van der Waals surface area contributed by atoms with Gasteiger partial charge in [-0.15, -0.1) is 0 Å². The lowest BCUT2D eigenvalue weighted by atomic mass is 9.87. The van der Waals surface area contributed by atoms with Crippen LogP contribution in [0.3, 0.4) is 0 Å². The SMILES string of the molecule is CCN1CCN(CCOc2ccccc2[C@H]2CC(=O)Nc3[nH]ncc32)CC1. The van der Waals surface area contributed by atoms with Crippen molar-refractivity contribution in [3.8, 4) is 5.75 Å². The Morgan fingerprint density at radius 3 is 2.74 bits per heavy atom. The number of ether oxygens (including phenoxy) is 1. The second-order valence-corrected chi connectivity index (χ2v) is 7.17. The molecule has 2 N–H and O–H groups in total. The van der Waals surface area contributed by atoms with Crippen LogP contribution in [0.15, 0.2) is 30.5 Å². The molecule has 0 spiro atoms. The van der Waals surface area contributed by atoms with Crippen LogP contribution >= 0.6 is 0 Å². The number of piperazine rings is 1. The molecule has 1 atom stereocenters. The average Bonchev–Trinajstić information content (AvgIpc) is 3.17. The summed E-state index contributed by atoms with van der Waals surface area (Å²) >= 11 is 0. The topological polar surface area (TPSA) is 73.5 Å². The van der Waals surface area contributed by atoms with Gasteiger partial charge in [-0.2, -0.15) is 5.10 Å². The van der Waals surface area contributed by atoms with E-state index < -0.39 is 0 Å². The summed E-state index contributed by atoms with van der Waals surface area (Å²) in [4.78, 5) is 17.0. The van der Waals surface area contributed by atoms with Gasteiger partial charge in [0.1, 0.15) is 18.2 Å². The van der Waals surface area contributed by atoms with Crippen LogP contribution in [0, 0.1) is 0 Å². The zero-order valence-corrected chi connectivity index (χ0v) is 15.8. The first-order valence-electron chi connectivity index (χ1n) is 9.74. The first kappa shape index (κ1) is 18.0. The minimum Gasteiger partial charge on any atom is -0.492 e. The zero-order valence-electron chi connectivity index (χ0n) is 15.8. The smallest absolute Gasteiger partial charge is 0.226 e. The Balaban J connectivity index is 1.41. The van der Waals surface area contributed by atoms with Crippen molar-refractivity contribution in [3.05, 3.63) is 41.6 Å². The summed E-state index contributed by atoms with van der Waals surface area (Å²) in [6, 6.07) is 8.03. The van der Waals surface area contributed by atoms with Gasteiger partial charge in [0, 0.05) is 56.2 Å². The molecule has 0 aliphatic carbocycles. The standard InChI is InChI=1S/C20H27N5O2/c1-2-24-7-9-25(10-8-24)11-12-27-18-6-4-3-5-15(18)16-13-19(26)22-20-17(16)14-21-23-20/h3-6,14,16H,2,7-13H2,1H3,(H2,21,22,23,26)/t16-/m1/s1. The number of aromatic amines is 1. The first-order valence-corrected chi connectivity index (χ1v) is 9.74. The van der Waals surface area contributed by atoms with E-state index in [1.165, 1.54) is 0 Å². The third-order valence-electron chi connectivity index (χ3n) is 5.57. The molecule has 1 aromatic heterocycles. The van der Waals surface area contributed by atoms with Crippen molar-refractivity contribution in [3.63, 3.8) is 0 Å². The maximum absolute atomic E-state index is 12.1. The van der Waals surface area contributed by atoms with Crippen molar-refractivity contribution in [2.24, 2.45) is 0 Å². The molecule has 1 fully saturated rings. The van der Waals surface area contributed by atoms with E-state index in [0.29, 0.717) is 18.8 Å². The number of anilines is 1. The summed E-state index contributed by atoms with van der Waals surface area (Å²) in [5, 5.41) is 9.80. The lowest BCUT2D eigenvalue weighted by molar-refractivity contribution is -0.116. The number of aromatic nitrogens is 2. The van der Waals surface area contributed by atoms with Gasteiger partial charge in [0.25, 0.3) is 0 Å². The highest BCUT2D eigenvalue weighted by molar-refractivity contribution is 5.94. The third-order valence-corrected chi connectivity index (χ3v) is 5.57. The fourth-order valence-corrected chi connectivity index (χ4v) is 3.94. The molecule has 2 aliphatic heterocycles. The quantitative estimate of drug-likeness (QED) is 0.814. The van der Waals surface area contributed by atoms with Crippen molar-refractivity contribution in [2.75, 3.05) is 51.2 Å². The molecule has 4 rings (SSSR count). The molecule has 2 aliphatic rings. The van der Waals surface area contributed by atoms with Gasteiger partial charge < -0.3 is 15.0 Å². The largest absolute Gasteiger partial charge is 0.492 e. The van der Waals surface area contributed by atoms with E-state index in [0.717, 1.165) is 56.1 Å². The van der Waals surface area contributed by atoms with Gasteiger partial charge in [-0.25, -0.2) is 0 Å². The number of amides is 1. The number of likely N-dealkylation sites (N-methyl/N-ethyl adjacent to an activating group) is 1. The Kier molecular flexibility index (Phi) is 5.40. The van der Waals surface area contributed by atoms with Crippen molar-refractivity contribution >= 4 is 11.7 Å². The number of fused-ring (bicyclic) bond motifs is 1. The summed E-state index contributed by atoms with van der Waals surface area (Å²) in [5.74, 6) is 1.52. The van der Waals surface area contributed by atoms with Crippen LogP contribution in [-0.4, -0.2) is 71.8 Å². The van der Waals surface area contributed by atoms with Gasteiger partial charge in [-0.05, 0) is 12.6 Å². The molecule has 7 heteroatoms. The zero-order chi connectivity index (χ0) is 18.6. The predicted molar refractivity (Wildman–Crippen MR) is 104 cm³/mol. The fourth-order valence-electron chi connectivity index (χ4n) is 3.94. The Labute approximate surface area is 159 Å². The van der Waals surface area contributed by atoms with Crippen molar-refractivity contribution in [1.29, 1.82) is 0 Å². The summed E-state index contributed by atoms with van der Waals surface area (Å²) in [7, 11) is 0. The van der Waals surface area contributed by atoms with Gasteiger partial charge >= 0.3 is 0 Å². The second kappa shape index (κ2) is 8.10. The molecule has 27 heavy (non-hydrogen) atoms. The Bertz CT molecular complexity index is 782. The highest BCUT2D eigenvalue weighted by Crippen LogP contribution is 2.39. The molecule has 1 saturated heterocycles. The molecule has 0 saturated carbocycles. The van der Waals surface area contributed by atoms with E-state index in [-0.39, 0.29) is 11.8 Å². The summed E-state index contributed by atoms with van der Waals surface area (Å²) in [6.07, 6.45) is 2.20. The molecule has 1 aromatic carbocycles. The maximum atomic E-state index is 12.1. The van der Waals surface area contributed by atoms with Crippen LogP contribution in [0.1, 0.15) is 30.4 Å². The fraction of sp³-hybridized carbons (Fsp3) is 0.500. The molecule has 1 amide bonds. The molecule has 0 bridgehead atoms. The number of H-pyrrole nitrogens is 1. The Morgan fingerprint density at radius 1 is 1.15 bits per heavy atom. The lowest BCUT2D eigenvalue weighted by Crippen LogP contribution is -2.47. The van der Waals surface area contributed by atoms with Crippen LogP contribution in [0.2, 0.25) is 0 Å². The molecule has 0 unspecified atom stereocenters. The minimum absolute atomic E-state index is 0.000322. The monoisotopic (exact) mass is 369 g/mol. The summed E-state index contributed by atoms with van der Waals surface area (Å²) in [5.41, 5.74) is 2.06. The minimum atomic E-state index is -0.0307. The molecular weight excluding hydrogens is 342 g/mol. The lowest BCUT2D eigenvalue weighted by Gasteiger charge is -2.34. The van der Waals surface area contributed by atoms with Crippen molar-refractivity contribution < 1.29 is 9.53 Å². The van der Waals surface area contributed by atoms with E-state index in [9.17, 15) is 4.79 Å². The van der Waals surface area contributed by atoms with Crippen LogP contribution < -0.4 is 10.1 Å². The number of carbonyl (C=O) groups excluding carboxylic acids is 1. The van der Waals surface area contributed by atoms with Crippen LogP contribution in [0.5, 0.6) is 5.75 Å². The van der Waals surface area contributed by atoms with E-state index in [2.05, 4.69) is 38.3 Å². The maximum Gasteiger partial charge on any atom is 0.226 e. The third kappa shape index (κ3) is 3.99. The number of rotatable bonds is 6. The van der Waals surface area contributed by atoms with E-state index in [4.69, 9.17) is 4.74 Å². The van der Waals surface area contributed by atoms with Crippen molar-refractivity contribution in [1.82, 2.24) is 20.0 Å². The number of para-hydroxylation sites is 1. The summed E-state index contributed by atoms with van der Waals surface area (Å²) < 4.78 is 6.16. The van der Waals surface area contributed by atoms with Gasteiger partial charge in [-0.1, -0.05) is 25.1 Å². The van der Waals surface area contributed by atoms with E-state index in [1.54, 1.807) is 6.20 Å². The summed E-state index contributed by atoms with van der Waals surface area (Å²) in [6.45, 7) is 9.38. The van der Waals surface area contributed by atoms with Crippen LogP contribution in [0.25, 0.3) is 0 Å². The van der Waals surface area contributed by atoms with Gasteiger partial charge in [0.15, 0.2) is 0 Å². The molecule has 7 nitrogen and oxygen atoms in total. The van der Waals surface area contributed by atoms with Gasteiger partial charge in [0.2, 0.25) is 5.91 Å². The molecule has 0 radical (unpaired) electrons. The number of hydrogen-bond donors (Lipinski definition) is 2. The first-order chi connectivity index (χ1) is 13.2. The average molecular weight is 369 g/mol. The van der Waals surface area contributed by atoms with Crippen LogP contribution in [-0.2, 0) is 4.79 Å². The number of hydrogen-bond acceptors (Lipinski definition) is 5. The predicted octanol–water partition coefficient (Wildman–Crippen LogP) is 1.90. The Hall–Kier alpha value is -2.38. The highest BCUT2D eigenvalue weighted by Gasteiger charge is 2.30. The number of nitrogens with zero attached hydrogens (tertiary/aromatic N) is 3. The van der Waals surface area contributed by atoms with Gasteiger partial charge in [-0.3, -0.25) is 14.8 Å². The van der Waals surface area contributed by atoms with Crippen LogP contribution in [0.4, 0.5) is 5.82 Å². The number of carbonyl (C=O) groups is 1. The van der Waals surface area contributed by atoms with Crippen molar-refractivity contribution in [2.45, 2.75) is 19.3 Å². The normalized spacial score (nSPS) is 20.9. The second-order valence-electron chi connectivity index (χ2n) is 7.17. The number of benzene rings is 1. The molecule has 144 valence electrons. The molecule has 3 heterocycles. The highest BCUT2D eigenvalue weighted by atomic mass is 16.5. The van der Waals surface area contributed by atoms with E-state index >= 15 is 0 Å². The van der Waals surface area contributed by atoms with E-state index in [1.807, 2.05) is 18.2 Å². The molecular formula is C20H27N5O2. The van der Waals surface area contributed by atoms with Gasteiger partial charge in [0.05, 0.1) is 6.20 Å². The Morgan fingerprint density at radius 2 is 1.93 bits per heavy atom. The number of nitrogens with one attached hydrogen (secondary N) is 2. The molecule has 2 aromatic rings.